The Balaban J connectivity index is 2.34. The molecule has 0 aliphatic carbocycles. The minimum Gasteiger partial charge on any atom is -0.322 e. The Labute approximate surface area is 107 Å². The number of anilines is 1. The molecule has 0 fully saturated rings. The molecular formula is C14H14N2OSi. The lowest BCUT2D eigenvalue weighted by Crippen LogP contribution is -2.53. The molecule has 1 aromatic carbocycles. The summed E-state index contributed by atoms with van der Waals surface area (Å²) in [5.41, 5.74) is 1.65. The van der Waals surface area contributed by atoms with Crippen LogP contribution in [0.5, 0.6) is 0 Å². The van der Waals surface area contributed by atoms with Crippen LogP contribution in [0.4, 0.5) is 5.69 Å². The van der Waals surface area contributed by atoms with E-state index in [4.69, 9.17) is 0 Å². The van der Waals surface area contributed by atoms with Gasteiger partial charge in [-0.2, -0.15) is 0 Å². The van der Waals surface area contributed by atoms with Gasteiger partial charge in [0.15, 0.2) is 0 Å². The Bertz CT molecular complexity index is 637. The van der Waals surface area contributed by atoms with Gasteiger partial charge < -0.3 is 5.32 Å². The largest absolute Gasteiger partial charge is 0.322 e. The van der Waals surface area contributed by atoms with Crippen LogP contribution in [0.2, 0.25) is 13.1 Å². The second-order valence-electron chi connectivity index (χ2n) is 5.05. The predicted molar refractivity (Wildman–Crippen MR) is 75.4 cm³/mol. The molecule has 0 unspecified atom stereocenters. The van der Waals surface area contributed by atoms with E-state index in [-0.39, 0.29) is 5.91 Å². The first-order chi connectivity index (χ1) is 8.60. The molecule has 1 aliphatic rings. The van der Waals surface area contributed by atoms with Gasteiger partial charge in [0.25, 0.3) is 5.91 Å². The molecule has 4 heteroatoms. The molecule has 3 nitrogen and oxygen atoms in total. The first kappa shape index (κ1) is 11.2. The molecule has 3 rings (SSSR count). The van der Waals surface area contributed by atoms with E-state index in [9.17, 15) is 4.79 Å². The van der Waals surface area contributed by atoms with Crippen LogP contribution < -0.4 is 15.7 Å². The smallest absolute Gasteiger partial charge is 0.257 e. The van der Waals surface area contributed by atoms with Gasteiger partial charge in [-0.05, 0) is 22.5 Å². The highest BCUT2D eigenvalue weighted by Gasteiger charge is 2.35. The number of pyridine rings is 1. The van der Waals surface area contributed by atoms with Crippen LogP contribution >= 0.6 is 0 Å². The lowest BCUT2D eigenvalue weighted by atomic mass is 10.2. The number of rotatable bonds is 0. The van der Waals surface area contributed by atoms with Gasteiger partial charge in [-0.3, -0.25) is 9.78 Å². The molecule has 2 heterocycles. The normalized spacial score (nSPS) is 16.2. The number of amides is 1. The highest BCUT2D eigenvalue weighted by molar-refractivity contribution is 7.02. The highest BCUT2D eigenvalue weighted by Crippen LogP contribution is 2.18. The zero-order valence-corrected chi connectivity index (χ0v) is 11.4. The summed E-state index contributed by atoms with van der Waals surface area (Å²) in [6, 6.07) is 10.1. The summed E-state index contributed by atoms with van der Waals surface area (Å²) in [6.07, 6.45) is 3.44. The van der Waals surface area contributed by atoms with Gasteiger partial charge in [-0.25, -0.2) is 0 Å². The first-order valence-electron chi connectivity index (χ1n) is 5.96. The molecule has 0 bridgehead atoms. The zero-order chi connectivity index (χ0) is 12.8. The molecule has 1 aliphatic heterocycles. The van der Waals surface area contributed by atoms with Crippen molar-refractivity contribution in [3.63, 3.8) is 0 Å². The monoisotopic (exact) mass is 254 g/mol. The molecular weight excluding hydrogens is 240 g/mol. The molecule has 90 valence electrons. The summed E-state index contributed by atoms with van der Waals surface area (Å²) in [7, 11) is -1.85. The van der Waals surface area contributed by atoms with Crippen molar-refractivity contribution in [2.75, 3.05) is 5.32 Å². The molecule has 1 N–H and O–H groups in total. The lowest BCUT2D eigenvalue weighted by Gasteiger charge is -2.24. The molecule has 0 radical (unpaired) electrons. The van der Waals surface area contributed by atoms with Crippen LogP contribution in [0, 0.1) is 0 Å². The van der Waals surface area contributed by atoms with E-state index in [0.717, 1.165) is 10.9 Å². The number of fused-ring (bicyclic) bond motifs is 2. The number of carbonyl (C=O) groups is 1. The summed E-state index contributed by atoms with van der Waals surface area (Å²) in [6.45, 7) is 4.54. The molecule has 1 aromatic heterocycles. The third kappa shape index (κ3) is 1.49. The number of carbonyl (C=O) groups excluding carboxylic acids is 1. The fourth-order valence-electron chi connectivity index (χ4n) is 2.59. The zero-order valence-electron chi connectivity index (χ0n) is 10.4. The molecule has 1 amide bonds. The van der Waals surface area contributed by atoms with E-state index in [1.165, 1.54) is 5.19 Å². The second kappa shape index (κ2) is 3.78. The van der Waals surface area contributed by atoms with E-state index in [1.54, 1.807) is 12.4 Å². The van der Waals surface area contributed by atoms with Gasteiger partial charge in [0, 0.05) is 18.1 Å². The summed E-state index contributed by atoms with van der Waals surface area (Å²) >= 11 is 0. The standard InChI is InChI=1S/C14H14N2OSi/c1-18(2)12-7-8-15-9-10(12)14(17)16-11-5-3-4-6-13(11)18/h3-9H,1-2H3,(H,16,17). The Morgan fingerprint density at radius 2 is 1.89 bits per heavy atom. The van der Waals surface area contributed by atoms with Crippen molar-refractivity contribution < 1.29 is 4.79 Å². The maximum Gasteiger partial charge on any atom is 0.257 e. The summed E-state index contributed by atoms with van der Waals surface area (Å²) < 4.78 is 0. The van der Waals surface area contributed by atoms with Crippen LogP contribution in [0.1, 0.15) is 10.4 Å². The van der Waals surface area contributed by atoms with Crippen molar-refractivity contribution >= 4 is 30.0 Å². The number of nitrogens with one attached hydrogen (secondary N) is 1. The Hall–Kier alpha value is -1.94. The fourth-order valence-corrected chi connectivity index (χ4v) is 5.56. The number of aromatic nitrogens is 1. The van der Waals surface area contributed by atoms with Crippen molar-refractivity contribution in [3.05, 3.63) is 48.3 Å². The average molecular weight is 254 g/mol. The average Bonchev–Trinajstić information content (AvgIpc) is 2.46. The van der Waals surface area contributed by atoms with E-state index in [1.807, 2.05) is 24.3 Å². The van der Waals surface area contributed by atoms with Crippen molar-refractivity contribution in [3.8, 4) is 0 Å². The van der Waals surface area contributed by atoms with Gasteiger partial charge in [-0.1, -0.05) is 31.3 Å². The van der Waals surface area contributed by atoms with Crippen molar-refractivity contribution in [1.82, 2.24) is 4.98 Å². The maximum atomic E-state index is 12.2. The number of para-hydroxylation sites is 1. The van der Waals surface area contributed by atoms with Gasteiger partial charge >= 0.3 is 0 Å². The van der Waals surface area contributed by atoms with Crippen LogP contribution in [0.15, 0.2) is 42.7 Å². The summed E-state index contributed by atoms with van der Waals surface area (Å²) in [5, 5.41) is 5.41. The van der Waals surface area contributed by atoms with Gasteiger partial charge in [0.05, 0.1) is 5.56 Å². The van der Waals surface area contributed by atoms with Crippen LogP contribution in [0.25, 0.3) is 0 Å². The SMILES string of the molecule is C[Si]1(C)c2ccccc2NC(=O)c2cnccc21. The van der Waals surface area contributed by atoms with Crippen molar-refractivity contribution in [1.29, 1.82) is 0 Å². The predicted octanol–water partition coefficient (Wildman–Crippen LogP) is 1.47. The van der Waals surface area contributed by atoms with Crippen molar-refractivity contribution in [2.45, 2.75) is 13.1 Å². The second-order valence-corrected chi connectivity index (χ2v) is 9.37. The van der Waals surface area contributed by atoms with E-state index in [0.29, 0.717) is 5.56 Å². The minimum absolute atomic E-state index is 0.0522. The summed E-state index contributed by atoms with van der Waals surface area (Å²) in [4.78, 5) is 16.3. The quantitative estimate of drug-likeness (QED) is 0.723. The van der Waals surface area contributed by atoms with Crippen molar-refractivity contribution in [2.24, 2.45) is 0 Å². The van der Waals surface area contributed by atoms with Gasteiger partial charge in [0.2, 0.25) is 0 Å². The number of benzene rings is 1. The molecule has 2 aromatic rings. The highest BCUT2D eigenvalue weighted by atomic mass is 28.3. The van der Waals surface area contributed by atoms with E-state index in [2.05, 4.69) is 29.5 Å². The van der Waals surface area contributed by atoms with Crippen LogP contribution in [0.3, 0.4) is 0 Å². The first-order valence-corrected chi connectivity index (χ1v) is 8.96. The number of hydrogen-bond acceptors (Lipinski definition) is 2. The summed E-state index contributed by atoms with van der Waals surface area (Å²) in [5.74, 6) is -0.0522. The maximum absolute atomic E-state index is 12.2. The molecule has 0 saturated heterocycles. The molecule has 0 spiro atoms. The van der Waals surface area contributed by atoms with E-state index < -0.39 is 8.07 Å². The third-order valence-corrected chi connectivity index (χ3v) is 7.15. The molecule has 0 atom stereocenters. The van der Waals surface area contributed by atoms with Gasteiger partial charge in [-0.15, -0.1) is 0 Å². The number of nitrogens with zero attached hydrogens (tertiary/aromatic N) is 1. The molecule has 18 heavy (non-hydrogen) atoms. The number of hydrogen-bond donors (Lipinski definition) is 1. The topological polar surface area (TPSA) is 42.0 Å². The fraction of sp³-hybridized carbons (Fsp3) is 0.143. The minimum atomic E-state index is -1.85. The van der Waals surface area contributed by atoms with Gasteiger partial charge in [0.1, 0.15) is 8.07 Å². The van der Waals surface area contributed by atoms with Crippen LogP contribution in [-0.2, 0) is 0 Å². The Kier molecular flexibility index (Phi) is 2.34. The third-order valence-electron chi connectivity index (χ3n) is 3.59. The Morgan fingerprint density at radius 3 is 2.72 bits per heavy atom. The van der Waals surface area contributed by atoms with E-state index >= 15 is 0 Å². The Morgan fingerprint density at radius 1 is 1.11 bits per heavy atom. The molecule has 0 saturated carbocycles. The van der Waals surface area contributed by atoms with Crippen LogP contribution in [-0.4, -0.2) is 19.0 Å². The lowest BCUT2D eigenvalue weighted by molar-refractivity contribution is 0.102.